The predicted octanol–water partition coefficient (Wildman–Crippen LogP) is 5.12. The zero-order valence-corrected chi connectivity index (χ0v) is 32.2. The van der Waals surface area contributed by atoms with Gasteiger partial charge in [-0.15, -0.1) is 0 Å². The second-order valence-electron chi connectivity index (χ2n) is 14.7. The third kappa shape index (κ3) is 6.61. The van der Waals surface area contributed by atoms with Gasteiger partial charge >= 0.3 is 269 Å². The first kappa shape index (κ1) is 35.5. The number of fused-ring (bicyclic) bond motifs is 3. The van der Waals surface area contributed by atoms with Crippen molar-refractivity contribution in [1.82, 2.24) is 0 Å². The Morgan fingerprint density at radius 1 is 0.600 bits per heavy atom. The Morgan fingerprint density at radius 3 is 1.38 bits per heavy atom. The van der Waals surface area contributed by atoms with E-state index in [1.807, 2.05) is 0 Å². The average Bonchev–Trinajstić information content (AvgIpc) is 3.42. The van der Waals surface area contributed by atoms with Gasteiger partial charge in [-0.3, -0.25) is 0 Å². The Labute approximate surface area is 292 Å². The van der Waals surface area contributed by atoms with E-state index in [-0.39, 0.29) is 35.6 Å². The van der Waals surface area contributed by atoms with Crippen LogP contribution in [0.5, 0.6) is 0 Å². The van der Waals surface area contributed by atoms with Crippen LogP contribution in [-0.2, 0) is 32.1 Å². The molecule has 2 aliphatic rings. The summed E-state index contributed by atoms with van der Waals surface area (Å²) in [5.41, 5.74) is 14.9. The molecular formula is C42H46Cl2Zr. The summed E-state index contributed by atoms with van der Waals surface area (Å²) in [6, 6.07) is 37.6. The molecule has 4 aromatic carbocycles. The largest absolute Gasteiger partial charge is 1.00 e. The summed E-state index contributed by atoms with van der Waals surface area (Å²) in [6.45, 7) is 21.3. The molecule has 0 radical (unpaired) electrons. The molecule has 0 nitrogen and oxygen atoms in total. The molecule has 0 amide bonds. The normalized spacial score (nSPS) is 15.7. The molecule has 6 rings (SSSR count). The summed E-state index contributed by atoms with van der Waals surface area (Å²) in [7, 11) is 0. The molecule has 0 heterocycles. The summed E-state index contributed by atoms with van der Waals surface area (Å²) in [5, 5.41) is 0. The van der Waals surface area contributed by atoms with Crippen molar-refractivity contribution in [1.29, 1.82) is 0 Å². The van der Waals surface area contributed by atoms with Crippen LogP contribution < -0.4 is 24.8 Å². The fourth-order valence-electron chi connectivity index (χ4n) is 7.21. The van der Waals surface area contributed by atoms with Crippen LogP contribution in [0.2, 0.25) is 0 Å². The van der Waals surface area contributed by atoms with E-state index in [0.29, 0.717) is 9.54 Å². The fourth-order valence-corrected chi connectivity index (χ4v) is 17.3. The summed E-state index contributed by atoms with van der Waals surface area (Å²) < 4.78 is 3.78. The SMILES string of the molecule is CC1=CC(C)[C]([Zr+2](=[C](c2ccccc2)c2ccccc2)[CH]2c3cc(C(C)(C)C)ccc3-c3ccc(C(C)(C)C)cc32)=C1C.[Cl-].[Cl-]. The van der Waals surface area contributed by atoms with Gasteiger partial charge < -0.3 is 24.8 Å². The van der Waals surface area contributed by atoms with Gasteiger partial charge in [-0.2, -0.15) is 0 Å². The van der Waals surface area contributed by atoms with Gasteiger partial charge in [0.15, 0.2) is 0 Å². The zero-order valence-electron chi connectivity index (χ0n) is 28.2. The maximum absolute atomic E-state index is 2.82. The smallest absolute Gasteiger partial charge is 1.00 e. The number of hydrogen-bond donors (Lipinski definition) is 0. The van der Waals surface area contributed by atoms with Crippen molar-refractivity contribution in [2.75, 3.05) is 0 Å². The molecule has 0 spiro atoms. The van der Waals surface area contributed by atoms with Crippen molar-refractivity contribution in [2.45, 2.75) is 76.8 Å². The van der Waals surface area contributed by atoms with Crippen LogP contribution in [0.3, 0.4) is 0 Å². The van der Waals surface area contributed by atoms with Crippen LogP contribution in [0, 0.1) is 5.92 Å². The standard InChI is InChI=1S/C21H25.C13H10.C8H11.2ClH.Zr/c1-20(2,3)16-7-9-18-14(12-16)11-15-13-17(21(4,5)6)8-10-19(15)18;1-3-7-12(8-4-1)11-13-9-5-2-6-10-13;1-6-4-7(2)8(3)5-6;;;/h7-13H,1-6H3;1-10H;4,6H,1-3H3;2*1H;/q;;;;;+2/p-2. The second kappa shape index (κ2) is 13.4. The van der Waals surface area contributed by atoms with E-state index in [9.17, 15) is 0 Å². The third-order valence-corrected chi connectivity index (χ3v) is 18.8. The number of allylic oxidation sites excluding steroid dienone is 4. The first-order valence-corrected chi connectivity index (χ1v) is 19.8. The van der Waals surface area contributed by atoms with Crippen molar-refractivity contribution >= 4 is 3.21 Å². The van der Waals surface area contributed by atoms with Gasteiger partial charge in [0, 0.05) is 0 Å². The quantitative estimate of drug-likeness (QED) is 0.276. The van der Waals surface area contributed by atoms with Crippen LogP contribution in [-0.4, -0.2) is 3.21 Å². The maximum atomic E-state index is 2.60. The van der Waals surface area contributed by atoms with Gasteiger partial charge in [0.05, 0.1) is 0 Å². The molecule has 0 fully saturated rings. The van der Waals surface area contributed by atoms with Crippen molar-refractivity contribution in [3.8, 4) is 11.1 Å². The molecule has 232 valence electrons. The molecule has 0 saturated carbocycles. The van der Waals surface area contributed by atoms with Crippen LogP contribution >= 0.6 is 0 Å². The Morgan fingerprint density at radius 2 is 1.02 bits per heavy atom. The molecule has 45 heavy (non-hydrogen) atoms. The summed E-state index contributed by atoms with van der Waals surface area (Å²) in [5.74, 6) is 0.459. The monoisotopic (exact) mass is 710 g/mol. The van der Waals surface area contributed by atoms with Gasteiger partial charge in [-0.1, -0.05) is 0 Å². The van der Waals surface area contributed by atoms with E-state index in [0.717, 1.165) is 0 Å². The zero-order chi connectivity index (χ0) is 30.7. The summed E-state index contributed by atoms with van der Waals surface area (Å²) >= 11 is -2.82. The van der Waals surface area contributed by atoms with E-state index < -0.39 is 21.3 Å². The van der Waals surface area contributed by atoms with Crippen LogP contribution in [0.4, 0.5) is 0 Å². The third-order valence-electron chi connectivity index (χ3n) is 9.67. The number of rotatable bonds is 4. The molecule has 4 aromatic rings. The molecule has 1 unspecified atom stereocenters. The molecule has 0 bridgehead atoms. The van der Waals surface area contributed by atoms with Crippen molar-refractivity contribution < 1.29 is 46.1 Å². The molecule has 0 N–H and O–H groups in total. The molecule has 0 aromatic heterocycles. The second-order valence-corrected chi connectivity index (χ2v) is 20.7. The van der Waals surface area contributed by atoms with E-state index in [4.69, 9.17) is 0 Å². The Kier molecular flexibility index (Phi) is 10.6. The van der Waals surface area contributed by atoms with Crippen LogP contribution in [0.15, 0.2) is 118 Å². The Balaban J connectivity index is 0.00000230. The number of benzene rings is 4. The maximum Gasteiger partial charge on any atom is -1.00 e. The van der Waals surface area contributed by atoms with E-state index >= 15 is 0 Å². The predicted molar refractivity (Wildman–Crippen MR) is 183 cm³/mol. The van der Waals surface area contributed by atoms with Crippen LogP contribution in [0.25, 0.3) is 11.1 Å². The minimum absolute atomic E-state index is 0. The van der Waals surface area contributed by atoms with E-state index in [2.05, 4.69) is 165 Å². The Bertz CT molecular complexity index is 1690. The summed E-state index contributed by atoms with van der Waals surface area (Å²) in [6.07, 6.45) is 2.53. The minimum atomic E-state index is -2.82. The van der Waals surface area contributed by atoms with Crippen molar-refractivity contribution in [3.63, 3.8) is 0 Å². The van der Waals surface area contributed by atoms with Crippen molar-refractivity contribution in [3.05, 3.63) is 151 Å². The first-order valence-electron chi connectivity index (χ1n) is 15.9. The van der Waals surface area contributed by atoms with Gasteiger partial charge in [0.25, 0.3) is 0 Å². The Hall–Kier alpha value is -2.31. The molecule has 3 heteroatoms. The van der Waals surface area contributed by atoms with Crippen LogP contribution in [0.1, 0.15) is 99.3 Å². The molecule has 0 aliphatic heterocycles. The van der Waals surface area contributed by atoms with Gasteiger partial charge in [0.2, 0.25) is 0 Å². The molecular weight excluding hydrogens is 667 g/mol. The van der Waals surface area contributed by atoms with Crippen molar-refractivity contribution in [2.24, 2.45) is 5.92 Å². The van der Waals surface area contributed by atoms with Gasteiger partial charge in [-0.05, 0) is 0 Å². The number of halogens is 2. The van der Waals surface area contributed by atoms with E-state index in [1.54, 1.807) is 23.2 Å². The summed E-state index contributed by atoms with van der Waals surface area (Å²) in [4.78, 5) is 0. The molecule has 2 aliphatic carbocycles. The topological polar surface area (TPSA) is 0 Å². The van der Waals surface area contributed by atoms with Gasteiger partial charge in [0.1, 0.15) is 0 Å². The first-order chi connectivity index (χ1) is 20.4. The van der Waals surface area contributed by atoms with E-state index in [1.165, 1.54) is 39.0 Å². The average molecular weight is 713 g/mol. The fraction of sp³-hybridized carbons (Fsp3) is 0.310. The number of hydrogen-bond acceptors (Lipinski definition) is 0. The minimum Gasteiger partial charge on any atom is -1.00 e. The molecule has 1 atom stereocenters. The molecule has 0 saturated heterocycles. The van der Waals surface area contributed by atoms with Gasteiger partial charge in [-0.25, -0.2) is 0 Å².